The molecule has 1 aromatic rings. The zero-order chi connectivity index (χ0) is 18.1. The van der Waals surface area contributed by atoms with E-state index in [1.165, 1.54) is 11.1 Å². The number of hydrogen-bond acceptors (Lipinski definition) is 4. The van der Waals surface area contributed by atoms with Gasteiger partial charge >= 0.3 is 0 Å². The van der Waals surface area contributed by atoms with E-state index in [4.69, 9.17) is 10.5 Å². The highest BCUT2D eigenvalue weighted by atomic mass is 79.9. The van der Waals surface area contributed by atoms with Crippen LogP contribution in [-0.2, 0) is 16.1 Å². The van der Waals surface area contributed by atoms with Gasteiger partial charge in [0.15, 0.2) is 0 Å². The molecule has 1 amide bonds. The number of halogens is 3. The lowest BCUT2D eigenvalue weighted by Gasteiger charge is -2.22. The Balaban J connectivity index is 2.00. The second-order valence-corrected chi connectivity index (χ2v) is 8.19. The standard InChI is InChI=1S/C16H22BrF2N3O2/c1-15(2,3)5-13(23)22-7-12(16(18,19)9-22)24-8-10-4-11(17)6-21-14(10)20/h4,6,12H,5,7-9H2,1-3H3,(H2,20,21). The predicted octanol–water partition coefficient (Wildman–Crippen LogP) is 3.23. The monoisotopic (exact) mass is 405 g/mol. The summed E-state index contributed by atoms with van der Waals surface area (Å²) in [6.45, 7) is 4.88. The molecular formula is C16H22BrF2N3O2. The summed E-state index contributed by atoms with van der Waals surface area (Å²) < 4.78 is 34.4. The van der Waals surface area contributed by atoms with Gasteiger partial charge in [0.05, 0.1) is 19.7 Å². The van der Waals surface area contributed by atoms with Gasteiger partial charge in [-0.2, -0.15) is 0 Å². The molecule has 1 saturated heterocycles. The minimum absolute atomic E-state index is 0.0835. The topological polar surface area (TPSA) is 68.5 Å². The summed E-state index contributed by atoms with van der Waals surface area (Å²) in [5.74, 6) is -3.13. The Kier molecular flexibility index (Phi) is 5.49. The van der Waals surface area contributed by atoms with E-state index in [0.29, 0.717) is 10.0 Å². The first-order chi connectivity index (χ1) is 11.0. The van der Waals surface area contributed by atoms with Gasteiger partial charge in [-0.25, -0.2) is 13.8 Å². The summed E-state index contributed by atoms with van der Waals surface area (Å²) in [7, 11) is 0. The third-order valence-electron chi connectivity index (χ3n) is 3.70. The lowest BCUT2D eigenvalue weighted by atomic mass is 9.92. The smallest absolute Gasteiger partial charge is 0.292 e. The van der Waals surface area contributed by atoms with Crippen LogP contribution in [0.1, 0.15) is 32.8 Å². The van der Waals surface area contributed by atoms with Crippen LogP contribution >= 0.6 is 15.9 Å². The zero-order valence-corrected chi connectivity index (χ0v) is 15.6. The van der Waals surface area contributed by atoms with Crippen molar-refractivity contribution in [1.82, 2.24) is 9.88 Å². The first-order valence-corrected chi connectivity index (χ1v) is 8.44. The molecule has 8 heteroatoms. The minimum atomic E-state index is -3.08. The van der Waals surface area contributed by atoms with Crippen molar-refractivity contribution in [2.75, 3.05) is 18.8 Å². The number of carbonyl (C=O) groups excluding carboxylic acids is 1. The number of carbonyl (C=O) groups is 1. The average molecular weight is 406 g/mol. The van der Waals surface area contributed by atoms with E-state index >= 15 is 0 Å². The number of nitrogen functional groups attached to an aromatic ring is 1. The minimum Gasteiger partial charge on any atom is -0.383 e. The maximum absolute atomic E-state index is 14.2. The number of pyridine rings is 1. The van der Waals surface area contributed by atoms with Crippen LogP contribution in [0.3, 0.4) is 0 Å². The molecule has 2 N–H and O–H groups in total. The Hall–Kier alpha value is -1.28. The lowest BCUT2D eigenvalue weighted by molar-refractivity contribution is -0.133. The number of nitrogens with two attached hydrogens (primary N) is 1. The van der Waals surface area contributed by atoms with Crippen molar-refractivity contribution >= 4 is 27.7 Å². The van der Waals surface area contributed by atoms with Gasteiger partial charge < -0.3 is 15.4 Å². The van der Waals surface area contributed by atoms with Crippen LogP contribution in [0.15, 0.2) is 16.7 Å². The Morgan fingerprint density at radius 2 is 2.21 bits per heavy atom. The maximum atomic E-state index is 14.2. The van der Waals surface area contributed by atoms with Crippen molar-refractivity contribution < 1.29 is 18.3 Å². The summed E-state index contributed by atoms with van der Waals surface area (Å²) in [6, 6.07) is 1.68. The molecule has 134 valence electrons. The summed E-state index contributed by atoms with van der Waals surface area (Å²) in [6.07, 6.45) is 0.397. The third-order valence-corrected chi connectivity index (χ3v) is 4.13. The molecule has 5 nitrogen and oxygen atoms in total. The van der Waals surface area contributed by atoms with E-state index in [1.807, 2.05) is 20.8 Å². The van der Waals surface area contributed by atoms with Crippen LogP contribution in [-0.4, -0.2) is 40.9 Å². The number of ether oxygens (including phenoxy) is 1. The molecule has 0 aliphatic carbocycles. The third kappa shape index (κ3) is 4.86. The van der Waals surface area contributed by atoms with E-state index in [-0.39, 0.29) is 36.7 Å². The molecular weight excluding hydrogens is 384 g/mol. The van der Waals surface area contributed by atoms with Crippen molar-refractivity contribution in [2.45, 2.75) is 45.8 Å². The summed E-state index contributed by atoms with van der Waals surface area (Å²) in [5, 5.41) is 0. The maximum Gasteiger partial charge on any atom is 0.292 e. The van der Waals surface area contributed by atoms with Crippen molar-refractivity contribution in [3.05, 3.63) is 22.3 Å². The number of aromatic nitrogens is 1. The molecule has 0 radical (unpaired) electrons. The Morgan fingerprint density at radius 3 is 2.83 bits per heavy atom. The molecule has 0 aromatic carbocycles. The number of amides is 1. The van der Waals surface area contributed by atoms with Crippen LogP contribution in [0.25, 0.3) is 0 Å². The number of rotatable bonds is 4. The molecule has 1 fully saturated rings. The highest BCUT2D eigenvalue weighted by Crippen LogP contribution is 2.32. The Morgan fingerprint density at radius 1 is 1.54 bits per heavy atom. The van der Waals surface area contributed by atoms with E-state index in [9.17, 15) is 13.6 Å². The van der Waals surface area contributed by atoms with Gasteiger partial charge in [0.25, 0.3) is 5.92 Å². The van der Waals surface area contributed by atoms with Crippen molar-refractivity contribution in [2.24, 2.45) is 5.41 Å². The highest BCUT2D eigenvalue weighted by molar-refractivity contribution is 9.10. The molecule has 24 heavy (non-hydrogen) atoms. The molecule has 2 rings (SSSR count). The first-order valence-electron chi connectivity index (χ1n) is 7.65. The van der Waals surface area contributed by atoms with Gasteiger partial charge in [-0.3, -0.25) is 4.79 Å². The fourth-order valence-electron chi connectivity index (χ4n) is 2.48. The lowest BCUT2D eigenvalue weighted by Crippen LogP contribution is -2.34. The molecule has 0 bridgehead atoms. The molecule has 1 atom stereocenters. The van der Waals surface area contributed by atoms with Gasteiger partial charge in [0, 0.05) is 22.7 Å². The van der Waals surface area contributed by atoms with Gasteiger partial charge in [0.1, 0.15) is 11.9 Å². The normalized spacial score (nSPS) is 20.4. The van der Waals surface area contributed by atoms with E-state index in [1.54, 1.807) is 6.07 Å². The van der Waals surface area contributed by atoms with Crippen LogP contribution in [0.4, 0.5) is 14.6 Å². The fraction of sp³-hybridized carbons (Fsp3) is 0.625. The van der Waals surface area contributed by atoms with Gasteiger partial charge in [0.2, 0.25) is 5.91 Å². The van der Waals surface area contributed by atoms with Gasteiger partial charge in [-0.15, -0.1) is 0 Å². The number of alkyl halides is 2. The Bertz CT molecular complexity index is 620. The van der Waals surface area contributed by atoms with Crippen LogP contribution in [0.5, 0.6) is 0 Å². The van der Waals surface area contributed by atoms with Crippen molar-refractivity contribution in [1.29, 1.82) is 0 Å². The quantitative estimate of drug-likeness (QED) is 0.834. The molecule has 1 aromatic heterocycles. The van der Waals surface area contributed by atoms with Crippen LogP contribution in [0.2, 0.25) is 0 Å². The summed E-state index contributed by atoms with van der Waals surface area (Å²) >= 11 is 3.25. The van der Waals surface area contributed by atoms with Gasteiger partial charge in [-0.1, -0.05) is 20.8 Å². The average Bonchev–Trinajstić information content (AvgIpc) is 2.73. The van der Waals surface area contributed by atoms with E-state index in [2.05, 4.69) is 20.9 Å². The molecule has 0 saturated carbocycles. The van der Waals surface area contributed by atoms with E-state index < -0.39 is 18.6 Å². The fourth-order valence-corrected chi connectivity index (χ4v) is 2.86. The number of hydrogen-bond donors (Lipinski definition) is 1. The van der Waals surface area contributed by atoms with Crippen molar-refractivity contribution in [3.8, 4) is 0 Å². The van der Waals surface area contributed by atoms with E-state index in [0.717, 1.165) is 0 Å². The molecule has 1 aliphatic heterocycles. The van der Waals surface area contributed by atoms with Crippen LogP contribution < -0.4 is 5.73 Å². The Labute approximate surface area is 148 Å². The predicted molar refractivity (Wildman–Crippen MR) is 90.5 cm³/mol. The molecule has 1 aliphatic rings. The molecule has 1 unspecified atom stereocenters. The number of nitrogens with zero attached hydrogens (tertiary/aromatic N) is 2. The molecule has 2 heterocycles. The van der Waals surface area contributed by atoms with Crippen molar-refractivity contribution in [3.63, 3.8) is 0 Å². The summed E-state index contributed by atoms with van der Waals surface area (Å²) in [5.41, 5.74) is 6.00. The largest absolute Gasteiger partial charge is 0.383 e. The summed E-state index contributed by atoms with van der Waals surface area (Å²) in [4.78, 5) is 17.3. The van der Waals surface area contributed by atoms with Gasteiger partial charge in [-0.05, 0) is 27.4 Å². The first kappa shape index (κ1) is 19.1. The zero-order valence-electron chi connectivity index (χ0n) is 14.0. The number of anilines is 1. The second kappa shape index (κ2) is 6.92. The van der Waals surface area contributed by atoms with Crippen LogP contribution in [0, 0.1) is 5.41 Å². The molecule has 0 spiro atoms. The SMILES string of the molecule is CC(C)(C)CC(=O)N1CC(OCc2cc(Br)cnc2N)C(F)(F)C1. The number of likely N-dealkylation sites (tertiary alicyclic amines) is 1. The second-order valence-electron chi connectivity index (χ2n) is 7.27. The highest BCUT2D eigenvalue weighted by Gasteiger charge is 2.50.